The van der Waals surface area contributed by atoms with Crippen molar-refractivity contribution in [3.05, 3.63) is 273 Å². The Hall–Kier alpha value is -8.34. The van der Waals surface area contributed by atoms with Crippen LogP contribution in [-0.4, -0.2) is 12.6 Å². The molecule has 11 aromatic carbocycles. The summed E-state index contributed by atoms with van der Waals surface area (Å²) in [6.07, 6.45) is 0. The van der Waals surface area contributed by atoms with Gasteiger partial charge in [-0.3, -0.25) is 0 Å². The highest BCUT2D eigenvalue weighted by Crippen LogP contribution is 2.44. The van der Waals surface area contributed by atoms with Crippen LogP contribution in [0.4, 0.5) is 0 Å². The molecule has 0 aliphatic rings. The van der Waals surface area contributed by atoms with Gasteiger partial charge in [-0.1, -0.05) is 243 Å². The molecule has 13 aromatic rings. The van der Waals surface area contributed by atoms with E-state index in [9.17, 15) is 0 Å². The lowest BCUT2D eigenvalue weighted by atomic mass is 9.95. The zero-order chi connectivity index (χ0) is 45.7. The van der Waals surface area contributed by atoms with Gasteiger partial charge in [0.15, 0.2) is 8.07 Å². The van der Waals surface area contributed by atoms with Crippen LogP contribution in [0.25, 0.3) is 92.2 Å². The second kappa shape index (κ2) is 17.1. The molecule has 0 saturated heterocycles. The van der Waals surface area contributed by atoms with E-state index in [0.29, 0.717) is 0 Å². The van der Waals surface area contributed by atoms with Crippen molar-refractivity contribution in [3.63, 3.8) is 0 Å². The molecule has 2 aromatic heterocycles. The Morgan fingerprint density at radius 3 is 1.42 bits per heavy atom. The predicted molar refractivity (Wildman–Crippen MR) is 299 cm³/mol. The minimum absolute atomic E-state index is 1.17. The smallest absolute Gasteiger partial charge is 0.179 e. The number of nitrogens with zero attached hydrogens (tertiary/aromatic N) is 1. The van der Waals surface area contributed by atoms with Crippen LogP contribution in [0.5, 0.6) is 0 Å². The van der Waals surface area contributed by atoms with Crippen molar-refractivity contribution in [2.45, 2.75) is 0 Å². The maximum Gasteiger partial charge on any atom is 0.179 e. The summed E-state index contributed by atoms with van der Waals surface area (Å²) in [6, 6.07) is 102. The molecular formula is C66H45NSSi. The number of thiophene rings is 1. The number of rotatable bonds is 9. The molecular weight excluding hydrogens is 867 g/mol. The van der Waals surface area contributed by atoms with Crippen molar-refractivity contribution in [1.82, 2.24) is 4.57 Å². The Labute approximate surface area is 407 Å². The molecule has 0 saturated carbocycles. The zero-order valence-electron chi connectivity index (χ0n) is 37.8. The highest BCUT2D eigenvalue weighted by Gasteiger charge is 2.43. The summed E-state index contributed by atoms with van der Waals surface area (Å²) in [4.78, 5) is 0. The Bertz CT molecular complexity index is 3890. The molecule has 0 unspecified atom stereocenters. The lowest BCUT2D eigenvalue weighted by Crippen LogP contribution is -2.74. The van der Waals surface area contributed by atoms with Gasteiger partial charge in [-0.25, -0.2) is 0 Å². The third-order valence-electron chi connectivity index (χ3n) is 14.1. The summed E-state index contributed by atoms with van der Waals surface area (Å²) in [6.45, 7) is 0. The molecule has 0 aliphatic heterocycles. The lowest BCUT2D eigenvalue weighted by molar-refractivity contribution is 1.18. The number of para-hydroxylation sites is 1. The summed E-state index contributed by atoms with van der Waals surface area (Å²) in [5, 5.41) is 10.4. The van der Waals surface area contributed by atoms with Gasteiger partial charge in [0.1, 0.15) is 0 Å². The molecule has 0 radical (unpaired) electrons. The average molecular weight is 912 g/mol. The van der Waals surface area contributed by atoms with Crippen molar-refractivity contribution in [2.24, 2.45) is 0 Å². The van der Waals surface area contributed by atoms with Crippen molar-refractivity contribution < 1.29 is 0 Å². The van der Waals surface area contributed by atoms with E-state index in [2.05, 4.69) is 278 Å². The van der Waals surface area contributed by atoms with Crippen LogP contribution in [0.2, 0.25) is 0 Å². The summed E-state index contributed by atoms with van der Waals surface area (Å²) in [7, 11) is -3.10. The first-order valence-electron chi connectivity index (χ1n) is 23.7. The molecule has 324 valence electrons. The fraction of sp³-hybridized carbons (Fsp3) is 0. The molecule has 0 bridgehead atoms. The fourth-order valence-corrected chi connectivity index (χ4v) is 17.1. The Morgan fingerprint density at radius 2 is 0.768 bits per heavy atom. The molecule has 13 rings (SSSR count). The topological polar surface area (TPSA) is 4.93 Å². The molecule has 0 spiro atoms. The second-order valence-corrected chi connectivity index (χ2v) is 22.8. The van der Waals surface area contributed by atoms with Crippen LogP contribution >= 0.6 is 11.3 Å². The first kappa shape index (κ1) is 40.9. The van der Waals surface area contributed by atoms with Gasteiger partial charge in [-0.15, -0.1) is 11.3 Å². The Balaban J connectivity index is 1.15. The van der Waals surface area contributed by atoms with Crippen molar-refractivity contribution in [1.29, 1.82) is 0 Å². The Morgan fingerprint density at radius 1 is 0.275 bits per heavy atom. The van der Waals surface area contributed by atoms with Gasteiger partial charge in [0, 0.05) is 42.1 Å². The third-order valence-corrected chi connectivity index (χ3v) is 20.0. The molecule has 0 atom stereocenters. The van der Waals surface area contributed by atoms with E-state index in [-0.39, 0.29) is 0 Å². The van der Waals surface area contributed by atoms with E-state index in [4.69, 9.17) is 0 Å². The minimum atomic E-state index is -3.10. The van der Waals surface area contributed by atoms with E-state index in [1.54, 1.807) is 0 Å². The average Bonchev–Trinajstić information content (AvgIpc) is 3.98. The first-order valence-corrected chi connectivity index (χ1v) is 26.6. The molecule has 0 aliphatic carbocycles. The van der Waals surface area contributed by atoms with Crippen LogP contribution in [0.1, 0.15) is 0 Å². The van der Waals surface area contributed by atoms with Gasteiger partial charge in [-0.05, 0) is 84.5 Å². The number of aromatic nitrogens is 1. The SMILES string of the molecule is c1ccc(-c2cccc([Si](c3ccccc3)(c3ccccc3)c3cc(-c4ccccc4)c(-n4c5ccccc5c5cc(-c6cccc7sc8ccccc8c67)ccc54)c(-c4ccccc4)c3)c2)cc1. The van der Waals surface area contributed by atoms with Crippen molar-refractivity contribution in [2.75, 3.05) is 0 Å². The molecule has 69 heavy (non-hydrogen) atoms. The van der Waals surface area contributed by atoms with Gasteiger partial charge < -0.3 is 4.57 Å². The fourth-order valence-electron chi connectivity index (χ4n) is 11.1. The molecule has 2 heterocycles. The summed E-state index contributed by atoms with van der Waals surface area (Å²) in [5.41, 5.74) is 13.2. The van der Waals surface area contributed by atoms with Crippen LogP contribution in [0, 0.1) is 0 Å². The number of hydrogen-bond acceptors (Lipinski definition) is 1. The number of benzene rings is 11. The quantitative estimate of drug-likeness (QED) is 0.100. The highest BCUT2D eigenvalue weighted by molar-refractivity contribution is 7.26. The van der Waals surface area contributed by atoms with Gasteiger partial charge >= 0.3 is 0 Å². The summed E-state index contributed by atoms with van der Waals surface area (Å²) in [5.74, 6) is 0. The molecule has 3 heteroatoms. The molecule has 1 nitrogen and oxygen atoms in total. The summed E-state index contributed by atoms with van der Waals surface area (Å²) >= 11 is 1.87. The monoisotopic (exact) mass is 911 g/mol. The van der Waals surface area contributed by atoms with E-state index >= 15 is 0 Å². The normalized spacial score (nSPS) is 11.8. The van der Waals surface area contributed by atoms with Gasteiger partial charge in [0.2, 0.25) is 0 Å². The van der Waals surface area contributed by atoms with Crippen molar-refractivity contribution >= 4 is 82.1 Å². The lowest BCUT2D eigenvalue weighted by Gasteiger charge is -2.36. The van der Waals surface area contributed by atoms with Crippen LogP contribution in [0.15, 0.2) is 273 Å². The standard InChI is InChI=1S/C66H45NSSi/c1-6-22-46(23-7-1)49-28-20-33-53(42-49)69(51-29-12-4-13-30-51,52-31-14-5-15-32-52)54-44-58(47-24-8-2-9-25-47)66(59(45-54)48-26-10-3-11-27-48)67-61-37-18-16-34-56(61)60-43-50(40-41-62(60)67)55-36-21-39-64-65(55)57-35-17-19-38-63(57)68-64/h1-45H. The van der Waals surface area contributed by atoms with Crippen molar-refractivity contribution in [3.8, 4) is 50.2 Å². The van der Waals surface area contributed by atoms with Gasteiger partial charge in [0.05, 0.1) is 16.7 Å². The number of hydrogen-bond donors (Lipinski definition) is 0. The zero-order valence-corrected chi connectivity index (χ0v) is 39.7. The van der Waals surface area contributed by atoms with Crippen LogP contribution in [-0.2, 0) is 0 Å². The third kappa shape index (κ3) is 6.81. The summed E-state index contributed by atoms with van der Waals surface area (Å²) < 4.78 is 5.19. The molecule has 0 N–H and O–H groups in total. The minimum Gasteiger partial charge on any atom is -0.308 e. The largest absolute Gasteiger partial charge is 0.308 e. The second-order valence-electron chi connectivity index (χ2n) is 17.9. The van der Waals surface area contributed by atoms with Crippen LogP contribution < -0.4 is 20.7 Å². The molecule has 0 amide bonds. The van der Waals surface area contributed by atoms with Crippen LogP contribution in [0.3, 0.4) is 0 Å². The highest BCUT2D eigenvalue weighted by atomic mass is 32.1. The number of fused-ring (bicyclic) bond motifs is 6. The Kier molecular flexibility index (Phi) is 10.1. The van der Waals surface area contributed by atoms with E-state index < -0.39 is 8.07 Å². The maximum atomic E-state index is 2.57. The van der Waals surface area contributed by atoms with E-state index in [1.807, 2.05) is 11.3 Å². The first-order chi connectivity index (χ1) is 34.2. The van der Waals surface area contributed by atoms with Gasteiger partial charge in [0.25, 0.3) is 0 Å². The van der Waals surface area contributed by atoms with Gasteiger partial charge in [-0.2, -0.15) is 0 Å². The van der Waals surface area contributed by atoms with E-state index in [1.165, 1.54) is 113 Å². The predicted octanol–water partition coefficient (Wildman–Crippen LogP) is 15.2. The molecule has 0 fully saturated rings. The maximum absolute atomic E-state index is 3.10. The van der Waals surface area contributed by atoms with E-state index in [0.717, 1.165) is 0 Å².